The Balaban J connectivity index is 0.00000220. The van der Waals surface area contributed by atoms with E-state index in [-0.39, 0.29) is 29.8 Å². The van der Waals surface area contributed by atoms with Crippen LogP contribution in [0.2, 0.25) is 0 Å². The number of hydrogen-bond donors (Lipinski definition) is 2. The van der Waals surface area contributed by atoms with Crippen LogP contribution in [-0.4, -0.2) is 33.9 Å². The van der Waals surface area contributed by atoms with E-state index in [1.807, 2.05) is 33.9 Å². The third-order valence-corrected chi connectivity index (χ3v) is 4.59. The molecular weight excluding hydrogens is 292 g/mol. The first-order valence-corrected chi connectivity index (χ1v) is 6.98. The van der Waals surface area contributed by atoms with Gasteiger partial charge in [-0.2, -0.15) is 5.10 Å². The molecule has 0 radical (unpaired) electrons. The summed E-state index contributed by atoms with van der Waals surface area (Å²) in [5.41, 5.74) is 6.02. The maximum Gasteiger partial charge on any atom is 0.241 e. The Bertz CT molecular complexity index is 503. The molecule has 3 N–H and O–H groups in total. The Morgan fingerprint density at radius 1 is 1.62 bits per heavy atom. The van der Waals surface area contributed by atoms with E-state index in [1.165, 1.54) is 0 Å². The van der Waals surface area contributed by atoms with Crippen molar-refractivity contribution in [2.24, 2.45) is 18.2 Å². The lowest BCUT2D eigenvalue weighted by atomic mass is 9.54. The Kier molecular flexibility index (Phi) is 5.41. The third kappa shape index (κ3) is 2.93. The number of carbonyl (C=O) groups excluding carboxylic acids is 1. The summed E-state index contributed by atoms with van der Waals surface area (Å²) in [5, 5.41) is 6.98. The number of hydrogen-bond acceptors (Lipinski definition) is 4. The van der Waals surface area contributed by atoms with Crippen LogP contribution in [0.25, 0.3) is 0 Å². The summed E-state index contributed by atoms with van der Waals surface area (Å²) in [6.45, 7) is 7.00. The Hall–Kier alpha value is -1.11. The summed E-state index contributed by atoms with van der Waals surface area (Å²) in [6, 6.07) is 1.87. The van der Waals surface area contributed by atoms with E-state index in [4.69, 9.17) is 10.5 Å². The van der Waals surface area contributed by atoms with E-state index in [0.29, 0.717) is 19.6 Å². The van der Waals surface area contributed by atoms with E-state index in [0.717, 1.165) is 5.69 Å². The topological polar surface area (TPSA) is 82.2 Å². The molecule has 6 nitrogen and oxygen atoms in total. The van der Waals surface area contributed by atoms with E-state index in [2.05, 4.69) is 10.4 Å². The SMILES string of the molecule is CCOC1CC(N)(C(=O)NCc2ccnn2C)C1(C)C.Cl. The predicted molar refractivity (Wildman–Crippen MR) is 83.0 cm³/mol. The molecule has 1 aliphatic rings. The Morgan fingerprint density at radius 2 is 2.29 bits per heavy atom. The highest BCUT2D eigenvalue weighted by Crippen LogP contribution is 2.49. The molecule has 2 unspecified atom stereocenters. The second kappa shape index (κ2) is 6.34. The van der Waals surface area contributed by atoms with Gasteiger partial charge in [0.15, 0.2) is 0 Å². The minimum absolute atomic E-state index is 0. The highest BCUT2D eigenvalue weighted by atomic mass is 35.5. The largest absolute Gasteiger partial charge is 0.378 e. The molecule has 1 aliphatic carbocycles. The van der Waals surface area contributed by atoms with Gasteiger partial charge in [-0.25, -0.2) is 0 Å². The molecule has 7 heteroatoms. The lowest BCUT2D eigenvalue weighted by Crippen LogP contribution is -2.75. The Morgan fingerprint density at radius 3 is 2.76 bits per heavy atom. The van der Waals surface area contributed by atoms with Crippen molar-refractivity contribution >= 4 is 18.3 Å². The number of amides is 1. The van der Waals surface area contributed by atoms with Crippen molar-refractivity contribution in [3.8, 4) is 0 Å². The van der Waals surface area contributed by atoms with Gasteiger partial charge in [-0.05, 0) is 13.0 Å². The molecule has 1 saturated carbocycles. The Labute approximate surface area is 131 Å². The minimum atomic E-state index is -0.870. The molecule has 0 saturated heterocycles. The van der Waals surface area contributed by atoms with Gasteiger partial charge >= 0.3 is 0 Å². The van der Waals surface area contributed by atoms with Gasteiger partial charge in [-0.1, -0.05) is 13.8 Å². The van der Waals surface area contributed by atoms with Crippen LogP contribution in [0.1, 0.15) is 32.9 Å². The lowest BCUT2D eigenvalue weighted by Gasteiger charge is -2.57. The van der Waals surface area contributed by atoms with Crippen molar-refractivity contribution in [1.29, 1.82) is 0 Å². The zero-order chi connectivity index (χ0) is 15.0. The van der Waals surface area contributed by atoms with Crippen LogP contribution in [0.15, 0.2) is 12.3 Å². The van der Waals surface area contributed by atoms with E-state index in [1.54, 1.807) is 10.9 Å². The van der Waals surface area contributed by atoms with Crippen molar-refractivity contribution in [2.75, 3.05) is 6.61 Å². The van der Waals surface area contributed by atoms with Crippen LogP contribution < -0.4 is 11.1 Å². The first-order valence-electron chi connectivity index (χ1n) is 6.98. The number of aryl methyl sites for hydroxylation is 1. The molecular formula is C14H25ClN4O2. The molecule has 1 heterocycles. The smallest absolute Gasteiger partial charge is 0.241 e. The number of rotatable bonds is 5. The molecule has 1 amide bonds. The van der Waals surface area contributed by atoms with E-state index in [9.17, 15) is 4.79 Å². The van der Waals surface area contributed by atoms with Crippen LogP contribution in [0.5, 0.6) is 0 Å². The molecule has 1 aromatic rings. The van der Waals surface area contributed by atoms with Crippen molar-refractivity contribution in [3.05, 3.63) is 18.0 Å². The highest BCUT2D eigenvalue weighted by Gasteiger charge is 2.62. The molecule has 2 rings (SSSR count). The number of nitrogens with zero attached hydrogens (tertiary/aromatic N) is 2. The first kappa shape index (κ1) is 17.9. The third-order valence-electron chi connectivity index (χ3n) is 4.59. The fraction of sp³-hybridized carbons (Fsp3) is 0.714. The molecule has 2 atom stereocenters. The van der Waals surface area contributed by atoms with Crippen LogP contribution in [0.3, 0.4) is 0 Å². The van der Waals surface area contributed by atoms with E-state index < -0.39 is 5.54 Å². The van der Waals surface area contributed by atoms with Crippen LogP contribution in [-0.2, 0) is 23.1 Å². The molecule has 0 bridgehead atoms. The number of nitrogens with two attached hydrogens (primary N) is 1. The summed E-state index contributed by atoms with van der Waals surface area (Å²) >= 11 is 0. The van der Waals surface area contributed by atoms with Crippen LogP contribution in [0, 0.1) is 5.41 Å². The summed E-state index contributed by atoms with van der Waals surface area (Å²) < 4.78 is 7.37. The normalized spacial score (nSPS) is 26.6. The zero-order valence-corrected chi connectivity index (χ0v) is 13.9. The van der Waals surface area contributed by atoms with Gasteiger partial charge in [0.1, 0.15) is 5.54 Å². The first-order chi connectivity index (χ1) is 9.33. The van der Waals surface area contributed by atoms with Crippen LogP contribution >= 0.6 is 12.4 Å². The molecule has 0 spiro atoms. The summed E-state index contributed by atoms with van der Waals surface area (Å²) in [5.74, 6) is -0.125. The summed E-state index contributed by atoms with van der Waals surface area (Å²) in [7, 11) is 1.85. The van der Waals surface area contributed by atoms with Gasteiger partial charge in [0.2, 0.25) is 5.91 Å². The number of ether oxygens (including phenoxy) is 1. The number of carbonyl (C=O) groups is 1. The van der Waals surface area contributed by atoms with Gasteiger partial charge in [-0.3, -0.25) is 9.48 Å². The minimum Gasteiger partial charge on any atom is -0.378 e. The van der Waals surface area contributed by atoms with Gasteiger partial charge in [0.05, 0.1) is 18.3 Å². The zero-order valence-electron chi connectivity index (χ0n) is 13.0. The fourth-order valence-corrected chi connectivity index (χ4v) is 2.72. The molecule has 0 aliphatic heterocycles. The average Bonchev–Trinajstić information content (AvgIpc) is 2.81. The molecule has 1 fully saturated rings. The summed E-state index contributed by atoms with van der Waals surface area (Å²) in [6.07, 6.45) is 2.31. The van der Waals surface area contributed by atoms with Crippen molar-refractivity contribution in [1.82, 2.24) is 15.1 Å². The lowest BCUT2D eigenvalue weighted by molar-refractivity contribution is -0.170. The van der Waals surface area contributed by atoms with Gasteiger partial charge < -0.3 is 15.8 Å². The predicted octanol–water partition coefficient (Wildman–Crippen LogP) is 0.991. The second-order valence-electron chi connectivity index (χ2n) is 5.97. The van der Waals surface area contributed by atoms with Gasteiger partial charge in [0, 0.05) is 31.7 Å². The van der Waals surface area contributed by atoms with Crippen LogP contribution in [0.4, 0.5) is 0 Å². The maximum absolute atomic E-state index is 12.4. The molecule has 21 heavy (non-hydrogen) atoms. The number of halogens is 1. The van der Waals surface area contributed by atoms with Gasteiger partial charge in [-0.15, -0.1) is 12.4 Å². The summed E-state index contributed by atoms with van der Waals surface area (Å²) in [4.78, 5) is 12.4. The second-order valence-corrected chi connectivity index (χ2v) is 5.97. The quantitative estimate of drug-likeness (QED) is 0.848. The standard InChI is InChI=1S/C14H24N4O2.ClH/c1-5-20-11-8-14(15,13(11,2)3)12(19)16-9-10-6-7-17-18(10)4;/h6-7,11H,5,8-9,15H2,1-4H3,(H,16,19);1H. The molecule has 120 valence electrons. The number of aromatic nitrogens is 2. The van der Waals surface area contributed by atoms with Crippen molar-refractivity contribution < 1.29 is 9.53 Å². The molecule has 0 aromatic carbocycles. The van der Waals surface area contributed by atoms with Crippen molar-refractivity contribution in [3.63, 3.8) is 0 Å². The molecule has 1 aromatic heterocycles. The maximum atomic E-state index is 12.4. The average molecular weight is 317 g/mol. The highest BCUT2D eigenvalue weighted by molar-refractivity contribution is 5.88. The van der Waals surface area contributed by atoms with Crippen molar-refractivity contribution in [2.45, 2.75) is 45.4 Å². The fourth-order valence-electron chi connectivity index (χ4n) is 2.72. The van der Waals surface area contributed by atoms with Gasteiger partial charge in [0.25, 0.3) is 0 Å². The van der Waals surface area contributed by atoms with E-state index >= 15 is 0 Å². The number of nitrogens with one attached hydrogen (secondary N) is 1. The monoisotopic (exact) mass is 316 g/mol.